The number of hydrogen-bond donors (Lipinski definition) is 0. The molecule has 0 fully saturated rings. The Balaban J connectivity index is 1.97. The van der Waals surface area contributed by atoms with Gasteiger partial charge in [0.05, 0.1) is 5.75 Å². The minimum absolute atomic E-state index is 0.377. The summed E-state index contributed by atoms with van der Waals surface area (Å²) < 4.78 is 5.23. The Morgan fingerprint density at radius 2 is 2.00 bits per heavy atom. The number of thioether (sulfide) groups is 1. The number of hydrogen-bond acceptors (Lipinski definition) is 4. The van der Waals surface area contributed by atoms with Crippen LogP contribution in [-0.4, -0.2) is 15.9 Å². The molecule has 5 heteroatoms. The maximum Gasteiger partial charge on any atom is 0.249 e. The summed E-state index contributed by atoms with van der Waals surface area (Å²) in [4.78, 5) is 4.35. The van der Waals surface area contributed by atoms with Crippen molar-refractivity contribution >= 4 is 23.4 Å². The Hall–Kier alpha value is -1.00. The van der Waals surface area contributed by atoms with Gasteiger partial charge in [0.25, 0.3) is 0 Å². The molecule has 0 aliphatic carbocycles. The second kappa shape index (κ2) is 6.96. The maximum absolute atomic E-state index is 6.33. The minimum atomic E-state index is -0.377. The summed E-state index contributed by atoms with van der Waals surface area (Å²) >= 11 is 8.13. The molecular weight excluding hydrogens is 280 g/mol. The van der Waals surface area contributed by atoms with Gasteiger partial charge in [0.2, 0.25) is 5.89 Å². The Morgan fingerprint density at radius 3 is 2.68 bits per heavy atom. The van der Waals surface area contributed by atoms with E-state index >= 15 is 0 Å². The highest BCUT2D eigenvalue weighted by Crippen LogP contribution is 2.27. The zero-order valence-electron chi connectivity index (χ0n) is 11.0. The number of halogens is 1. The molecule has 3 nitrogen and oxygen atoms in total. The number of benzene rings is 1. The fourth-order valence-corrected chi connectivity index (χ4v) is 2.70. The Morgan fingerprint density at radius 1 is 1.26 bits per heavy atom. The molecule has 0 bridgehead atoms. The summed E-state index contributed by atoms with van der Waals surface area (Å²) in [5.41, 5.74) is 0.967. The molecule has 1 atom stereocenters. The molecule has 0 aliphatic heterocycles. The maximum atomic E-state index is 6.33. The van der Waals surface area contributed by atoms with Crippen molar-refractivity contribution in [3.8, 4) is 0 Å². The molecule has 0 N–H and O–H groups in total. The van der Waals surface area contributed by atoms with Crippen LogP contribution >= 0.6 is 23.4 Å². The third-order valence-electron chi connectivity index (χ3n) is 2.48. The molecule has 1 aromatic carbocycles. The van der Waals surface area contributed by atoms with E-state index in [2.05, 4.69) is 24.0 Å². The fraction of sp³-hybridized carbons (Fsp3) is 0.429. The van der Waals surface area contributed by atoms with Gasteiger partial charge in [0.1, 0.15) is 5.38 Å². The van der Waals surface area contributed by atoms with E-state index in [9.17, 15) is 0 Å². The van der Waals surface area contributed by atoms with Crippen LogP contribution in [0, 0.1) is 5.92 Å². The summed E-state index contributed by atoms with van der Waals surface area (Å²) in [5, 5.41) is 3.59. The second-order valence-corrected chi connectivity index (χ2v) is 6.20. The van der Waals surface area contributed by atoms with Crippen LogP contribution in [-0.2, 0) is 5.75 Å². The van der Waals surface area contributed by atoms with Gasteiger partial charge in [-0.2, -0.15) is 16.7 Å². The predicted octanol–water partition coefficient (Wildman–Crippen LogP) is 4.29. The highest BCUT2D eigenvalue weighted by molar-refractivity contribution is 7.98. The molecular formula is C14H17ClN2OS. The molecule has 0 amide bonds. The highest BCUT2D eigenvalue weighted by Gasteiger charge is 2.18. The average Bonchev–Trinajstić information content (AvgIpc) is 2.87. The first kappa shape index (κ1) is 14.4. The first-order valence-corrected chi connectivity index (χ1v) is 7.85. The van der Waals surface area contributed by atoms with Crippen LogP contribution in [0.3, 0.4) is 0 Å². The number of aromatic nitrogens is 2. The normalized spacial score (nSPS) is 12.8. The Bertz CT molecular complexity index is 501. The monoisotopic (exact) mass is 296 g/mol. The van der Waals surface area contributed by atoms with E-state index in [1.54, 1.807) is 0 Å². The fourth-order valence-electron chi connectivity index (χ4n) is 1.58. The third-order valence-corrected chi connectivity index (χ3v) is 4.28. The van der Waals surface area contributed by atoms with Gasteiger partial charge < -0.3 is 4.52 Å². The lowest BCUT2D eigenvalue weighted by molar-refractivity contribution is 0.378. The van der Waals surface area contributed by atoms with Crippen molar-refractivity contribution in [3.63, 3.8) is 0 Å². The van der Waals surface area contributed by atoms with E-state index in [4.69, 9.17) is 16.1 Å². The summed E-state index contributed by atoms with van der Waals surface area (Å²) in [6.45, 7) is 4.39. The van der Waals surface area contributed by atoms with Gasteiger partial charge >= 0.3 is 0 Å². The molecule has 1 unspecified atom stereocenters. The molecule has 2 rings (SSSR count). The lowest BCUT2D eigenvalue weighted by atomic mass is 10.1. The van der Waals surface area contributed by atoms with Gasteiger partial charge in [-0.15, -0.1) is 11.6 Å². The van der Waals surface area contributed by atoms with Gasteiger partial charge in [0, 0.05) is 0 Å². The number of rotatable bonds is 6. The van der Waals surface area contributed by atoms with Gasteiger partial charge in [-0.05, 0) is 17.2 Å². The number of alkyl halides is 1. The molecule has 19 heavy (non-hydrogen) atoms. The lowest BCUT2D eigenvalue weighted by Crippen LogP contribution is -1.95. The van der Waals surface area contributed by atoms with Gasteiger partial charge in [0.15, 0.2) is 5.82 Å². The van der Waals surface area contributed by atoms with Crippen molar-refractivity contribution in [2.45, 2.75) is 25.0 Å². The molecule has 0 radical (unpaired) electrons. The zero-order valence-corrected chi connectivity index (χ0v) is 12.6. The van der Waals surface area contributed by atoms with Crippen molar-refractivity contribution < 1.29 is 4.52 Å². The highest BCUT2D eigenvalue weighted by atomic mass is 35.5. The number of nitrogens with zero attached hydrogens (tertiary/aromatic N) is 2. The summed E-state index contributed by atoms with van der Waals surface area (Å²) in [5.74, 6) is 3.70. The van der Waals surface area contributed by atoms with Crippen LogP contribution in [0.5, 0.6) is 0 Å². The lowest BCUT2D eigenvalue weighted by Gasteiger charge is -2.03. The topological polar surface area (TPSA) is 38.9 Å². The van der Waals surface area contributed by atoms with Crippen molar-refractivity contribution in [1.82, 2.24) is 10.1 Å². The van der Waals surface area contributed by atoms with Gasteiger partial charge in [-0.25, -0.2) is 0 Å². The van der Waals surface area contributed by atoms with E-state index in [1.807, 2.05) is 42.1 Å². The van der Waals surface area contributed by atoms with Crippen LogP contribution in [0.1, 0.15) is 36.5 Å². The molecule has 1 aromatic heterocycles. The second-order valence-electron chi connectivity index (χ2n) is 4.73. The Kier molecular flexibility index (Phi) is 5.28. The largest absolute Gasteiger partial charge is 0.337 e. The van der Waals surface area contributed by atoms with Crippen LogP contribution < -0.4 is 0 Å². The molecule has 102 valence electrons. The van der Waals surface area contributed by atoms with Crippen molar-refractivity contribution in [2.24, 2.45) is 5.92 Å². The zero-order chi connectivity index (χ0) is 13.7. The van der Waals surface area contributed by atoms with Crippen LogP contribution in [0.2, 0.25) is 0 Å². The van der Waals surface area contributed by atoms with E-state index in [0.29, 0.717) is 17.6 Å². The van der Waals surface area contributed by atoms with Crippen LogP contribution in [0.25, 0.3) is 0 Å². The van der Waals surface area contributed by atoms with Crippen LogP contribution in [0.15, 0.2) is 34.9 Å². The molecule has 0 spiro atoms. The SMILES string of the molecule is CC(C)CSCc1noc(C(Cl)c2ccccc2)n1. The van der Waals surface area contributed by atoms with Crippen molar-refractivity contribution in [2.75, 3.05) is 5.75 Å². The molecule has 0 saturated heterocycles. The summed E-state index contributed by atoms with van der Waals surface area (Å²) in [6, 6.07) is 9.75. The van der Waals surface area contributed by atoms with Gasteiger partial charge in [-0.1, -0.05) is 49.3 Å². The minimum Gasteiger partial charge on any atom is -0.337 e. The van der Waals surface area contributed by atoms with Crippen LogP contribution in [0.4, 0.5) is 0 Å². The summed E-state index contributed by atoms with van der Waals surface area (Å²) in [6.07, 6.45) is 0. The molecule has 0 aliphatic rings. The first-order valence-electron chi connectivity index (χ1n) is 6.26. The quantitative estimate of drug-likeness (QED) is 0.746. The Labute approximate surface area is 122 Å². The van der Waals surface area contributed by atoms with Crippen molar-refractivity contribution in [1.29, 1.82) is 0 Å². The smallest absolute Gasteiger partial charge is 0.249 e. The van der Waals surface area contributed by atoms with Crippen molar-refractivity contribution in [3.05, 3.63) is 47.6 Å². The summed E-state index contributed by atoms with van der Waals surface area (Å²) in [7, 11) is 0. The van der Waals surface area contributed by atoms with E-state index in [-0.39, 0.29) is 5.38 Å². The van der Waals surface area contributed by atoms with E-state index < -0.39 is 0 Å². The molecule has 2 aromatic rings. The van der Waals surface area contributed by atoms with E-state index in [0.717, 1.165) is 17.1 Å². The standard InChI is InChI=1S/C14H17ClN2OS/c1-10(2)8-19-9-12-16-14(18-17-12)13(15)11-6-4-3-5-7-11/h3-7,10,13H,8-9H2,1-2H3. The predicted molar refractivity (Wildman–Crippen MR) is 79.4 cm³/mol. The van der Waals surface area contributed by atoms with Gasteiger partial charge in [-0.3, -0.25) is 0 Å². The molecule has 1 heterocycles. The third kappa shape index (κ3) is 4.25. The molecule has 0 saturated carbocycles. The van der Waals surface area contributed by atoms with E-state index in [1.165, 1.54) is 0 Å². The first-order chi connectivity index (χ1) is 9.16. The average molecular weight is 297 g/mol.